The summed E-state index contributed by atoms with van der Waals surface area (Å²) in [5.74, 6) is -0.186. The lowest BCUT2D eigenvalue weighted by atomic mass is 10.5. The summed E-state index contributed by atoms with van der Waals surface area (Å²) in [6, 6.07) is 2.48. The molecule has 0 fully saturated rings. The predicted molar refractivity (Wildman–Crippen MR) is 40.8 cm³/mol. The minimum absolute atomic E-state index is 0.0831. The second-order valence-corrected chi connectivity index (χ2v) is 1.65. The summed E-state index contributed by atoms with van der Waals surface area (Å²) in [4.78, 5) is 0.243. The van der Waals surface area contributed by atoms with Crippen molar-refractivity contribution in [1.29, 1.82) is 0 Å². The molecule has 0 radical (unpaired) electrons. The van der Waals surface area contributed by atoms with Gasteiger partial charge in [0.2, 0.25) is 0 Å². The lowest BCUT2D eigenvalue weighted by Crippen LogP contribution is -2.11. The second-order valence-electron chi connectivity index (χ2n) is 1.65. The van der Waals surface area contributed by atoms with Crippen LogP contribution in [0.5, 0.6) is 0 Å². The first-order valence-electron chi connectivity index (χ1n) is 5.52. The zero-order chi connectivity index (χ0) is 12.6. The van der Waals surface area contributed by atoms with E-state index in [2.05, 4.69) is 10.2 Å². The Morgan fingerprint density at radius 1 is 1.50 bits per heavy atom. The Labute approximate surface area is 68.1 Å². The van der Waals surface area contributed by atoms with Crippen LogP contribution >= 0.6 is 0 Å². The van der Waals surface area contributed by atoms with E-state index in [-0.39, 0.29) is 16.5 Å². The van der Waals surface area contributed by atoms with Gasteiger partial charge in [-0.1, -0.05) is 0 Å². The minimum Gasteiger partial charge on any atom is -0.382 e. The third kappa shape index (κ3) is 1.34. The van der Waals surface area contributed by atoms with E-state index >= 15 is 0 Å². The molecular weight excluding hydrogens is 128 g/mol. The molecular formula is C6H10N4. The summed E-state index contributed by atoms with van der Waals surface area (Å²) in [7, 11) is 0. The minimum atomic E-state index is -2.82. The number of anilines is 2. The maximum Gasteiger partial charge on any atom is 0.150 e. The molecule has 1 aromatic heterocycles. The fourth-order valence-corrected chi connectivity index (χ4v) is 0.455. The molecule has 1 heterocycles. The highest BCUT2D eigenvalue weighted by Gasteiger charge is 1.94. The molecule has 0 aliphatic heterocycles. The fourth-order valence-electron chi connectivity index (χ4n) is 0.455. The highest BCUT2D eigenvalue weighted by atomic mass is 15.2. The smallest absolute Gasteiger partial charge is 0.150 e. The van der Waals surface area contributed by atoms with Crippen LogP contribution in [0.15, 0.2) is 12.1 Å². The number of rotatable bonds is 1. The van der Waals surface area contributed by atoms with Crippen LogP contribution in [0.3, 0.4) is 0 Å². The van der Waals surface area contributed by atoms with Gasteiger partial charge in [-0.05, 0) is 12.1 Å². The van der Waals surface area contributed by atoms with Crippen LogP contribution < -0.4 is 10.6 Å². The molecule has 2 N–H and O–H groups in total. The molecule has 0 aromatic carbocycles. The lowest BCUT2D eigenvalue weighted by Gasteiger charge is -2.08. The van der Waals surface area contributed by atoms with Crippen LogP contribution in [0.2, 0.25) is 0 Å². The van der Waals surface area contributed by atoms with Crippen LogP contribution in [-0.2, 0) is 0 Å². The second kappa shape index (κ2) is 2.51. The van der Waals surface area contributed by atoms with Gasteiger partial charge >= 0.3 is 0 Å². The first-order valence-corrected chi connectivity index (χ1v) is 2.52. The molecule has 0 aliphatic carbocycles. The normalized spacial score (nSPS) is 20.8. The van der Waals surface area contributed by atoms with Gasteiger partial charge in [0.15, 0.2) is 5.82 Å². The van der Waals surface area contributed by atoms with Crippen molar-refractivity contribution in [2.45, 2.75) is 0 Å². The third-order valence-electron chi connectivity index (χ3n) is 0.900. The van der Waals surface area contributed by atoms with Gasteiger partial charge in [-0.3, -0.25) is 0 Å². The number of aromatic nitrogens is 2. The first-order chi connectivity index (χ1) is 7.12. The van der Waals surface area contributed by atoms with Crippen LogP contribution in [0, 0.1) is 0 Å². The molecule has 0 saturated carbocycles. The molecule has 4 heteroatoms. The van der Waals surface area contributed by atoms with E-state index in [1.54, 1.807) is 0 Å². The largest absolute Gasteiger partial charge is 0.382 e. The number of hydrogen-bond donors (Lipinski definition) is 1. The van der Waals surface area contributed by atoms with Crippen molar-refractivity contribution in [3.05, 3.63) is 12.1 Å². The van der Waals surface area contributed by atoms with Gasteiger partial charge in [0.25, 0.3) is 0 Å². The average Bonchev–Trinajstić information content (AvgIpc) is 2.03. The molecule has 0 unspecified atom stereocenters. The van der Waals surface area contributed by atoms with E-state index in [4.69, 9.17) is 14.0 Å². The van der Waals surface area contributed by atoms with E-state index < -0.39 is 14.0 Å². The molecule has 1 aromatic rings. The summed E-state index contributed by atoms with van der Waals surface area (Å²) in [5.41, 5.74) is 5.27. The average molecular weight is 144 g/mol. The highest BCUT2D eigenvalue weighted by Crippen LogP contribution is 2.04. The van der Waals surface area contributed by atoms with Gasteiger partial charge in [0, 0.05) is 22.2 Å². The highest BCUT2D eigenvalue weighted by molar-refractivity contribution is 5.39. The summed E-state index contributed by atoms with van der Waals surface area (Å²) in [5, 5.41) is 6.86. The molecule has 10 heavy (non-hydrogen) atoms. The number of nitrogens with two attached hydrogens (primary N) is 1. The molecule has 0 aliphatic rings. The standard InChI is InChI=1S/C6H10N4/c1-10(2)6-4-3-5(7)8-9-6/h3-4H,1-2H3,(H2,7,8)/i1D3,2D3. The molecule has 0 saturated heterocycles. The van der Waals surface area contributed by atoms with E-state index in [1.165, 1.54) is 12.1 Å². The van der Waals surface area contributed by atoms with E-state index in [1.807, 2.05) is 0 Å². The van der Waals surface area contributed by atoms with E-state index in [0.717, 1.165) is 0 Å². The molecule has 0 amide bonds. The summed E-state index contributed by atoms with van der Waals surface area (Å²) in [6.45, 7) is -5.65. The van der Waals surface area contributed by atoms with Crippen molar-refractivity contribution in [1.82, 2.24) is 10.2 Å². The third-order valence-corrected chi connectivity index (χ3v) is 0.900. The Morgan fingerprint density at radius 2 is 2.30 bits per heavy atom. The van der Waals surface area contributed by atoms with Gasteiger partial charge in [0.1, 0.15) is 5.82 Å². The molecule has 54 valence electrons. The fraction of sp³-hybridized carbons (Fsp3) is 0.333. The van der Waals surface area contributed by atoms with Crippen LogP contribution in [0.1, 0.15) is 8.22 Å². The SMILES string of the molecule is [2H]C([2H])([2H])N(c1ccc(N)nn1)C([2H])([2H])[2H]. The Hall–Kier alpha value is -1.32. The van der Waals surface area contributed by atoms with Crippen LogP contribution in [0.4, 0.5) is 11.6 Å². The lowest BCUT2D eigenvalue weighted by molar-refractivity contribution is 0.971. The zero-order valence-corrected chi connectivity index (χ0v) is 5.07. The van der Waals surface area contributed by atoms with Crippen molar-refractivity contribution in [3.8, 4) is 0 Å². The van der Waals surface area contributed by atoms with Crippen LogP contribution in [-0.4, -0.2) is 24.1 Å². The molecule has 0 atom stereocenters. The van der Waals surface area contributed by atoms with Gasteiger partial charge in [-0.2, -0.15) is 0 Å². The Kier molecular flexibility index (Phi) is 0.597. The zero-order valence-electron chi connectivity index (χ0n) is 11.1. The van der Waals surface area contributed by atoms with Crippen molar-refractivity contribution in [2.75, 3.05) is 24.6 Å². The van der Waals surface area contributed by atoms with Gasteiger partial charge in [-0.25, -0.2) is 0 Å². The number of nitrogens with zero attached hydrogens (tertiary/aromatic N) is 3. The van der Waals surface area contributed by atoms with Gasteiger partial charge < -0.3 is 10.6 Å². The summed E-state index contributed by atoms with van der Waals surface area (Å²) < 4.78 is 42.8. The van der Waals surface area contributed by atoms with Crippen molar-refractivity contribution in [2.24, 2.45) is 0 Å². The quantitative estimate of drug-likeness (QED) is 0.608. The topological polar surface area (TPSA) is 55.0 Å². The predicted octanol–water partition coefficient (Wildman–Crippen LogP) is 0.125. The molecule has 4 nitrogen and oxygen atoms in total. The maximum atomic E-state index is 7.14. The maximum absolute atomic E-state index is 7.14. The van der Waals surface area contributed by atoms with Crippen molar-refractivity contribution < 1.29 is 8.22 Å². The van der Waals surface area contributed by atoms with Gasteiger partial charge in [-0.15, -0.1) is 10.2 Å². The first kappa shape index (κ1) is 2.38. The van der Waals surface area contributed by atoms with Crippen molar-refractivity contribution in [3.63, 3.8) is 0 Å². The molecule has 0 spiro atoms. The number of nitrogen functional groups attached to an aromatic ring is 1. The summed E-state index contributed by atoms with van der Waals surface area (Å²) in [6.07, 6.45) is 0. The number of hydrogen-bond acceptors (Lipinski definition) is 4. The Balaban J connectivity index is 3.18. The van der Waals surface area contributed by atoms with Crippen LogP contribution in [0.25, 0.3) is 0 Å². The van der Waals surface area contributed by atoms with E-state index in [0.29, 0.717) is 0 Å². The van der Waals surface area contributed by atoms with Crippen molar-refractivity contribution >= 4 is 11.6 Å². The Bertz CT molecular complexity index is 341. The van der Waals surface area contributed by atoms with E-state index in [9.17, 15) is 0 Å². The Morgan fingerprint density at radius 3 is 2.80 bits per heavy atom. The summed E-state index contributed by atoms with van der Waals surface area (Å²) >= 11 is 0. The molecule has 0 bridgehead atoms. The molecule has 1 rings (SSSR count). The van der Waals surface area contributed by atoms with Gasteiger partial charge in [0.05, 0.1) is 0 Å². The monoisotopic (exact) mass is 144 g/mol.